The summed E-state index contributed by atoms with van der Waals surface area (Å²) in [5.74, 6) is -0.330. The molecule has 0 radical (unpaired) electrons. The lowest BCUT2D eigenvalue weighted by atomic mass is 9.84. The van der Waals surface area contributed by atoms with Gasteiger partial charge in [0.1, 0.15) is 5.65 Å². The van der Waals surface area contributed by atoms with E-state index in [4.69, 9.17) is 34.8 Å². The fourth-order valence-electron chi connectivity index (χ4n) is 4.83. The maximum atomic E-state index is 13.5. The Kier molecular flexibility index (Phi) is 6.93. The molecular weight excluding hydrogens is 519 g/mol. The molecule has 1 saturated heterocycles. The van der Waals surface area contributed by atoms with Crippen molar-refractivity contribution >= 4 is 52.3 Å². The number of aromatic nitrogens is 2. The van der Waals surface area contributed by atoms with Crippen LogP contribution in [0.25, 0.3) is 5.65 Å². The van der Waals surface area contributed by atoms with Crippen molar-refractivity contribution in [3.63, 3.8) is 0 Å². The van der Waals surface area contributed by atoms with Gasteiger partial charge in [-0.15, -0.1) is 0 Å². The van der Waals surface area contributed by atoms with E-state index in [0.717, 1.165) is 11.2 Å². The van der Waals surface area contributed by atoms with Gasteiger partial charge in [-0.25, -0.2) is 4.98 Å². The van der Waals surface area contributed by atoms with Gasteiger partial charge in [0.05, 0.1) is 15.6 Å². The third-order valence-corrected chi connectivity index (χ3v) is 7.77. The molecule has 6 nitrogen and oxygen atoms in total. The fraction of sp³-hybridized carbons (Fsp3) is 0.222. The summed E-state index contributed by atoms with van der Waals surface area (Å²) in [7, 11) is 1.80. The lowest BCUT2D eigenvalue weighted by Gasteiger charge is -2.43. The average molecular weight is 542 g/mol. The molecule has 9 heteroatoms. The number of halogens is 3. The van der Waals surface area contributed by atoms with Gasteiger partial charge in [-0.1, -0.05) is 40.9 Å². The van der Waals surface area contributed by atoms with E-state index in [2.05, 4.69) is 4.98 Å². The van der Waals surface area contributed by atoms with E-state index in [-0.39, 0.29) is 23.8 Å². The zero-order chi connectivity index (χ0) is 25.4. The molecule has 36 heavy (non-hydrogen) atoms. The average Bonchev–Trinajstić information content (AvgIpc) is 3.37. The molecule has 0 unspecified atom stereocenters. The first-order valence-corrected chi connectivity index (χ1v) is 12.6. The van der Waals surface area contributed by atoms with Crippen molar-refractivity contribution in [2.24, 2.45) is 0 Å². The smallest absolute Gasteiger partial charge is 0.255 e. The third-order valence-electron chi connectivity index (χ3n) is 6.78. The van der Waals surface area contributed by atoms with Gasteiger partial charge < -0.3 is 14.2 Å². The van der Waals surface area contributed by atoms with Gasteiger partial charge >= 0.3 is 0 Å². The van der Waals surface area contributed by atoms with Gasteiger partial charge in [0.25, 0.3) is 11.8 Å². The zero-order valence-corrected chi connectivity index (χ0v) is 21.7. The molecule has 2 aromatic carbocycles. The fourth-order valence-corrected chi connectivity index (χ4v) is 5.27. The number of fused-ring (bicyclic) bond motifs is 1. The Hall–Kier alpha value is -3.06. The molecular formula is C27H23Cl3N4O2. The number of rotatable bonds is 4. The summed E-state index contributed by atoms with van der Waals surface area (Å²) in [6.45, 7) is 0.948. The molecule has 0 bridgehead atoms. The number of carbonyl (C=O) groups is 2. The number of likely N-dealkylation sites (tertiary alicyclic amines) is 1. The molecule has 0 N–H and O–H groups in total. The number of nitrogens with zero attached hydrogens (tertiary/aromatic N) is 4. The van der Waals surface area contributed by atoms with Gasteiger partial charge in [0.2, 0.25) is 0 Å². The van der Waals surface area contributed by atoms with E-state index in [1.54, 1.807) is 60.7 Å². The van der Waals surface area contributed by atoms with Crippen LogP contribution >= 0.6 is 34.8 Å². The second-order valence-electron chi connectivity index (χ2n) is 8.92. The minimum atomic E-state index is -0.157. The number of imidazole rings is 1. The maximum absolute atomic E-state index is 13.5. The van der Waals surface area contributed by atoms with E-state index in [1.807, 2.05) is 33.7 Å². The number of pyridine rings is 1. The summed E-state index contributed by atoms with van der Waals surface area (Å²) in [4.78, 5) is 34.7. The maximum Gasteiger partial charge on any atom is 0.255 e. The van der Waals surface area contributed by atoms with Gasteiger partial charge in [0, 0.05) is 61.3 Å². The highest BCUT2D eigenvalue weighted by atomic mass is 35.5. The van der Waals surface area contributed by atoms with Crippen molar-refractivity contribution < 1.29 is 9.59 Å². The van der Waals surface area contributed by atoms with Crippen molar-refractivity contribution in [2.75, 3.05) is 20.1 Å². The van der Waals surface area contributed by atoms with E-state index < -0.39 is 0 Å². The molecule has 3 heterocycles. The normalized spacial score (nSPS) is 17.8. The van der Waals surface area contributed by atoms with Gasteiger partial charge in [0.15, 0.2) is 0 Å². The molecule has 0 aliphatic carbocycles. The first kappa shape index (κ1) is 24.6. The van der Waals surface area contributed by atoms with Crippen LogP contribution < -0.4 is 0 Å². The van der Waals surface area contributed by atoms with Crippen molar-refractivity contribution in [1.29, 1.82) is 0 Å². The first-order valence-electron chi connectivity index (χ1n) is 11.5. The second-order valence-corrected chi connectivity index (χ2v) is 10.2. The van der Waals surface area contributed by atoms with Crippen LogP contribution in [0.4, 0.5) is 0 Å². The monoisotopic (exact) mass is 540 g/mol. The summed E-state index contributed by atoms with van der Waals surface area (Å²) in [6, 6.07) is 15.8. The van der Waals surface area contributed by atoms with Crippen LogP contribution in [0.3, 0.4) is 0 Å². The van der Waals surface area contributed by atoms with Crippen LogP contribution in [-0.2, 0) is 0 Å². The molecule has 4 aromatic rings. The summed E-state index contributed by atoms with van der Waals surface area (Å²) >= 11 is 18.5. The first-order chi connectivity index (χ1) is 17.3. The minimum absolute atomic E-state index is 0.0687. The summed E-state index contributed by atoms with van der Waals surface area (Å²) in [5, 5.41) is 1.47. The summed E-state index contributed by atoms with van der Waals surface area (Å²) in [5.41, 5.74) is 2.84. The Morgan fingerprint density at radius 2 is 1.72 bits per heavy atom. The predicted octanol–water partition coefficient (Wildman–Crippen LogP) is 6.07. The number of hydrogen-bond acceptors (Lipinski definition) is 3. The zero-order valence-electron chi connectivity index (χ0n) is 19.4. The highest BCUT2D eigenvalue weighted by Crippen LogP contribution is 2.35. The standard InChI is InChI=1S/C27H23Cl3N4O2/c1-32(26(35)17-2-6-20(28)7-3-17)24-10-12-34(16-21(24)18-4-8-22(29)23(30)14-18)27(36)19-5-9-25-31-11-13-33(25)15-19/h2-9,11,13-15,21,24H,10,12,16H2,1H3/t21-,24+/m0/s1. The molecule has 184 valence electrons. The van der Waals surface area contributed by atoms with Gasteiger partial charge in [-0.3, -0.25) is 9.59 Å². The van der Waals surface area contributed by atoms with Crippen molar-refractivity contribution in [2.45, 2.75) is 18.4 Å². The molecule has 2 aromatic heterocycles. The predicted molar refractivity (Wildman–Crippen MR) is 142 cm³/mol. The number of carbonyl (C=O) groups excluding carboxylic acids is 2. The minimum Gasteiger partial charge on any atom is -0.338 e. The van der Waals surface area contributed by atoms with Crippen LogP contribution in [0.5, 0.6) is 0 Å². The number of piperidine rings is 1. The molecule has 2 atom stereocenters. The quantitative estimate of drug-likeness (QED) is 0.315. The topological polar surface area (TPSA) is 57.9 Å². The largest absolute Gasteiger partial charge is 0.338 e. The van der Waals surface area contributed by atoms with Crippen LogP contribution in [0, 0.1) is 0 Å². The highest BCUT2D eigenvalue weighted by Gasteiger charge is 2.37. The van der Waals surface area contributed by atoms with E-state index in [9.17, 15) is 9.59 Å². The molecule has 0 saturated carbocycles. The van der Waals surface area contributed by atoms with Crippen LogP contribution in [0.2, 0.25) is 15.1 Å². The van der Waals surface area contributed by atoms with Gasteiger partial charge in [-0.05, 0) is 60.5 Å². The lowest BCUT2D eigenvalue weighted by molar-refractivity contribution is 0.0518. The molecule has 1 aliphatic heterocycles. The van der Waals surface area contributed by atoms with Crippen LogP contribution in [-0.4, -0.2) is 57.2 Å². The van der Waals surface area contributed by atoms with Gasteiger partial charge in [-0.2, -0.15) is 0 Å². The Morgan fingerprint density at radius 3 is 2.47 bits per heavy atom. The molecule has 0 spiro atoms. The Labute approximate surface area is 224 Å². The Balaban J connectivity index is 1.44. The number of hydrogen-bond donors (Lipinski definition) is 0. The molecule has 1 aliphatic rings. The van der Waals surface area contributed by atoms with Crippen molar-refractivity contribution in [3.05, 3.63) is 105 Å². The molecule has 5 rings (SSSR count). The molecule has 2 amide bonds. The number of benzene rings is 2. The highest BCUT2D eigenvalue weighted by molar-refractivity contribution is 6.42. The van der Waals surface area contributed by atoms with E-state index >= 15 is 0 Å². The van der Waals surface area contributed by atoms with Crippen molar-refractivity contribution in [1.82, 2.24) is 19.2 Å². The Bertz CT molecular complexity index is 1440. The van der Waals surface area contributed by atoms with Crippen LogP contribution in [0.1, 0.15) is 38.6 Å². The molecule has 1 fully saturated rings. The number of likely N-dealkylation sites (N-methyl/N-ethyl adjacent to an activating group) is 1. The lowest BCUT2D eigenvalue weighted by Crippen LogP contribution is -2.51. The summed E-state index contributed by atoms with van der Waals surface area (Å²) in [6.07, 6.45) is 5.91. The third kappa shape index (κ3) is 4.81. The Morgan fingerprint density at radius 1 is 0.972 bits per heavy atom. The van der Waals surface area contributed by atoms with E-state index in [0.29, 0.717) is 45.7 Å². The van der Waals surface area contributed by atoms with E-state index in [1.165, 1.54) is 0 Å². The summed E-state index contributed by atoms with van der Waals surface area (Å²) < 4.78 is 1.83. The SMILES string of the molecule is CN(C(=O)c1ccc(Cl)cc1)[C@@H]1CCN(C(=O)c2ccc3nccn3c2)C[C@H]1c1ccc(Cl)c(Cl)c1. The second kappa shape index (κ2) is 10.1. The van der Waals surface area contributed by atoms with Crippen molar-refractivity contribution in [3.8, 4) is 0 Å². The van der Waals surface area contributed by atoms with Crippen LogP contribution in [0.15, 0.2) is 73.2 Å². The number of amides is 2.